The average Bonchev–Trinajstić information content (AvgIpc) is 2.82. The minimum Gasteiger partial charge on any atom is -0.398 e. The van der Waals surface area contributed by atoms with Gasteiger partial charge in [0.2, 0.25) is 0 Å². The van der Waals surface area contributed by atoms with Crippen molar-refractivity contribution in [3.05, 3.63) is 46.1 Å². The molecule has 0 atom stereocenters. The third kappa shape index (κ3) is 1.83. The van der Waals surface area contributed by atoms with Gasteiger partial charge in [-0.1, -0.05) is 0 Å². The zero-order valence-corrected chi connectivity index (χ0v) is 10.5. The van der Waals surface area contributed by atoms with E-state index in [0.717, 1.165) is 5.69 Å². The normalized spacial score (nSPS) is 10.8. The summed E-state index contributed by atoms with van der Waals surface area (Å²) in [4.78, 5) is 10.4. The molecule has 1 aromatic carbocycles. The molecule has 0 saturated heterocycles. The Morgan fingerprint density at radius 3 is 2.80 bits per heavy atom. The number of benzene rings is 1. The number of aromatic nitrogens is 4. The van der Waals surface area contributed by atoms with Crippen molar-refractivity contribution < 1.29 is 4.92 Å². The lowest BCUT2D eigenvalue weighted by atomic mass is 10.1. The van der Waals surface area contributed by atoms with Gasteiger partial charge in [0, 0.05) is 17.8 Å². The summed E-state index contributed by atoms with van der Waals surface area (Å²) in [7, 11) is 0. The van der Waals surface area contributed by atoms with Crippen LogP contribution in [0.15, 0.2) is 30.3 Å². The van der Waals surface area contributed by atoms with E-state index in [2.05, 4.69) is 15.3 Å². The highest BCUT2D eigenvalue weighted by atomic mass is 16.6. The van der Waals surface area contributed by atoms with E-state index in [1.165, 1.54) is 22.7 Å². The van der Waals surface area contributed by atoms with Crippen molar-refractivity contribution in [1.29, 1.82) is 0 Å². The Labute approximate surface area is 113 Å². The molecule has 0 fully saturated rings. The lowest BCUT2D eigenvalue weighted by molar-refractivity contribution is -0.384. The van der Waals surface area contributed by atoms with Crippen molar-refractivity contribution >= 4 is 17.0 Å². The summed E-state index contributed by atoms with van der Waals surface area (Å²) in [6, 6.07) is 7.78. The Morgan fingerprint density at radius 1 is 1.25 bits per heavy atom. The van der Waals surface area contributed by atoms with Gasteiger partial charge in [0.15, 0.2) is 11.5 Å². The Hall–Kier alpha value is -3.03. The molecule has 3 rings (SSSR count). The number of nitrogen functional groups attached to an aromatic ring is 1. The first-order valence-electron chi connectivity index (χ1n) is 5.79. The Balaban J connectivity index is 2.27. The van der Waals surface area contributed by atoms with Gasteiger partial charge >= 0.3 is 0 Å². The molecule has 100 valence electrons. The Morgan fingerprint density at radius 2 is 2.05 bits per heavy atom. The number of nitrogens with two attached hydrogens (primary N) is 1. The summed E-state index contributed by atoms with van der Waals surface area (Å²) in [6.07, 6.45) is 0. The maximum atomic E-state index is 10.9. The number of fused-ring (bicyclic) bond motifs is 1. The number of nitro benzene ring substituents is 1. The zero-order chi connectivity index (χ0) is 14.3. The van der Waals surface area contributed by atoms with Crippen LogP contribution in [-0.2, 0) is 0 Å². The van der Waals surface area contributed by atoms with Gasteiger partial charge in [0.1, 0.15) is 0 Å². The molecule has 0 unspecified atom stereocenters. The molecule has 3 aromatic rings. The first kappa shape index (κ1) is 12.0. The largest absolute Gasteiger partial charge is 0.398 e. The van der Waals surface area contributed by atoms with E-state index in [0.29, 0.717) is 22.7 Å². The van der Waals surface area contributed by atoms with Crippen LogP contribution in [0.3, 0.4) is 0 Å². The van der Waals surface area contributed by atoms with Crippen LogP contribution in [0.1, 0.15) is 5.69 Å². The molecule has 0 amide bonds. The summed E-state index contributed by atoms with van der Waals surface area (Å²) in [6.45, 7) is 1.83. The van der Waals surface area contributed by atoms with E-state index in [4.69, 9.17) is 5.73 Å². The fourth-order valence-electron chi connectivity index (χ4n) is 1.90. The van der Waals surface area contributed by atoms with Gasteiger partial charge in [0.05, 0.1) is 16.2 Å². The van der Waals surface area contributed by atoms with E-state index in [1.54, 1.807) is 6.07 Å². The lowest BCUT2D eigenvalue weighted by Crippen LogP contribution is -2.00. The molecule has 2 aromatic heterocycles. The van der Waals surface area contributed by atoms with Crippen molar-refractivity contribution in [2.24, 2.45) is 0 Å². The van der Waals surface area contributed by atoms with Gasteiger partial charge in [-0.2, -0.15) is 9.61 Å². The van der Waals surface area contributed by atoms with Gasteiger partial charge < -0.3 is 5.73 Å². The molecular weight excluding hydrogens is 260 g/mol. The van der Waals surface area contributed by atoms with Crippen LogP contribution in [0.2, 0.25) is 0 Å². The van der Waals surface area contributed by atoms with Gasteiger partial charge in [0.25, 0.3) is 5.69 Å². The number of nitrogens with zero attached hydrogens (tertiary/aromatic N) is 5. The van der Waals surface area contributed by atoms with Crippen molar-refractivity contribution in [2.75, 3.05) is 5.73 Å². The summed E-state index contributed by atoms with van der Waals surface area (Å²) in [5.74, 6) is 0.380. The molecule has 0 bridgehead atoms. The average molecular weight is 270 g/mol. The second-order valence-corrected chi connectivity index (χ2v) is 4.30. The lowest BCUT2D eigenvalue weighted by Gasteiger charge is -2.03. The highest BCUT2D eigenvalue weighted by Crippen LogP contribution is 2.28. The highest BCUT2D eigenvalue weighted by Gasteiger charge is 2.16. The van der Waals surface area contributed by atoms with E-state index in [1.807, 2.05) is 13.0 Å². The molecule has 0 aliphatic heterocycles. The molecular formula is C12H10N6O2. The SMILES string of the molecule is Cc1ccc2nnc(-c3cc([N+](=O)[O-])ccc3N)n2n1. The molecule has 0 aliphatic rings. The first-order valence-corrected chi connectivity index (χ1v) is 5.79. The molecule has 8 heteroatoms. The molecule has 0 aliphatic carbocycles. The quantitative estimate of drug-likeness (QED) is 0.430. The molecule has 2 N–H and O–H groups in total. The number of rotatable bonds is 2. The fraction of sp³-hybridized carbons (Fsp3) is 0.0833. The van der Waals surface area contributed by atoms with Crippen molar-refractivity contribution in [2.45, 2.75) is 6.92 Å². The summed E-state index contributed by atoms with van der Waals surface area (Å²) in [5.41, 5.74) is 7.97. The monoisotopic (exact) mass is 270 g/mol. The number of non-ortho nitro benzene ring substituents is 1. The molecule has 2 heterocycles. The zero-order valence-electron chi connectivity index (χ0n) is 10.5. The standard InChI is InChI=1S/C12H10N6O2/c1-7-2-5-11-14-15-12(17(11)16-7)9-6-8(18(19)20)3-4-10(9)13/h2-6H,13H2,1H3. The van der Waals surface area contributed by atoms with E-state index < -0.39 is 4.92 Å². The number of nitro groups is 1. The number of hydrogen-bond donors (Lipinski definition) is 1. The molecule has 0 saturated carbocycles. The minimum absolute atomic E-state index is 0.0568. The van der Waals surface area contributed by atoms with Gasteiger partial charge in [-0.15, -0.1) is 10.2 Å². The van der Waals surface area contributed by atoms with Crippen molar-refractivity contribution in [3.63, 3.8) is 0 Å². The van der Waals surface area contributed by atoms with Crippen LogP contribution in [0.4, 0.5) is 11.4 Å². The van der Waals surface area contributed by atoms with Crippen LogP contribution in [0.5, 0.6) is 0 Å². The summed E-state index contributed by atoms with van der Waals surface area (Å²) in [5, 5.41) is 23.1. The van der Waals surface area contributed by atoms with E-state index in [-0.39, 0.29) is 5.69 Å². The van der Waals surface area contributed by atoms with Crippen molar-refractivity contribution in [1.82, 2.24) is 19.8 Å². The summed E-state index contributed by atoms with van der Waals surface area (Å²) >= 11 is 0. The second-order valence-electron chi connectivity index (χ2n) is 4.30. The van der Waals surface area contributed by atoms with Crippen LogP contribution in [-0.4, -0.2) is 24.7 Å². The van der Waals surface area contributed by atoms with E-state index >= 15 is 0 Å². The molecule has 8 nitrogen and oxygen atoms in total. The van der Waals surface area contributed by atoms with Crippen LogP contribution in [0.25, 0.3) is 17.0 Å². The predicted molar refractivity (Wildman–Crippen MR) is 72.0 cm³/mol. The Kier molecular flexibility index (Phi) is 2.56. The molecule has 0 radical (unpaired) electrons. The van der Waals surface area contributed by atoms with Crippen LogP contribution < -0.4 is 5.73 Å². The van der Waals surface area contributed by atoms with E-state index in [9.17, 15) is 10.1 Å². The van der Waals surface area contributed by atoms with Gasteiger partial charge in [-0.25, -0.2) is 0 Å². The summed E-state index contributed by atoms with van der Waals surface area (Å²) < 4.78 is 1.52. The number of aryl methyl sites for hydroxylation is 1. The Bertz CT molecular complexity index is 826. The molecule has 20 heavy (non-hydrogen) atoms. The number of anilines is 1. The van der Waals surface area contributed by atoms with Gasteiger partial charge in [-0.3, -0.25) is 10.1 Å². The minimum atomic E-state index is -0.481. The smallest absolute Gasteiger partial charge is 0.270 e. The molecule has 0 spiro atoms. The van der Waals surface area contributed by atoms with Crippen LogP contribution in [0, 0.1) is 17.0 Å². The highest BCUT2D eigenvalue weighted by molar-refractivity contribution is 5.75. The van der Waals surface area contributed by atoms with Crippen LogP contribution >= 0.6 is 0 Å². The maximum Gasteiger partial charge on any atom is 0.270 e. The van der Waals surface area contributed by atoms with Crippen molar-refractivity contribution in [3.8, 4) is 11.4 Å². The maximum absolute atomic E-state index is 10.9. The second kappa shape index (κ2) is 4.26. The third-order valence-electron chi connectivity index (χ3n) is 2.88. The van der Waals surface area contributed by atoms with Gasteiger partial charge in [-0.05, 0) is 25.1 Å². The first-order chi connectivity index (χ1) is 9.56. The topological polar surface area (TPSA) is 112 Å². The predicted octanol–water partition coefficient (Wildman–Crippen LogP) is 1.59. The number of hydrogen-bond acceptors (Lipinski definition) is 6. The third-order valence-corrected chi connectivity index (χ3v) is 2.88. The fourth-order valence-corrected chi connectivity index (χ4v) is 1.90.